The van der Waals surface area contributed by atoms with Crippen molar-refractivity contribution < 1.29 is 8.76 Å². The second kappa shape index (κ2) is 5.96. The number of hydrogen-bond donors (Lipinski definition) is 4. The fourth-order valence-electron chi connectivity index (χ4n) is 2.79. The molecule has 4 rings (SSSR count). The Morgan fingerprint density at radius 3 is 3.00 bits per heavy atom. The van der Waals surface area contributed by atoms with Crippen LogP contribution in [0.1, 0.15) is 12.8 Å². The van der Waals surface area contributed by atoms with Gasteiger partial charge in [-0.25, -0.2) is 13.9 Å². The van der Waals surface area contributed by atoms with Gasteiger partial charge in [-0.15, -0.1) is 10.2 Å². The minimum absolute atomic E-state index is 0.0619. The van der Waals surface area contributed by atoms with E-state index in [2.05, 4.69) is 30.2 Å². The molecule has 3 aromatic heterocycles. The molecular weight excluding hydrogens is 336 g/mol. The normalized spacial score (nSPS) is 22.0. The Bertz CT molecular complexity index is 843. The van der Waals surface area contributed by atoms with Crippen LogP contribution in [-0.2, 0) is 11.3 Å². The molecule has 4 N–H and O–H groups in total. The lowest BCUT2D eigenvalue weighted by atomic mass is 9.87. The third kappa shape index (κ3) is 2.85. The molecule has 0 spiro atoms. The Morgan fingerprint density at radius 2 is 2.26 bits per heavy atom. The van der Waals surface area contributed by atoms with Crippen LogP contribution in [0.5, 0.6) is 0 Å². The van der Waals surface area contributed by atoms with E-state index in [1.54, 1.807) is 11.7 Å². The van der Waals surface area contributed by atoms with E-state index in [9.17, 15) is 4.21 Å². The van der Waals surface area contributed by atoms with Gasteiger partial charge in [-0.2, -0.15) is 0 Å². The lowest BCUT2D eigenvalue weighted by Gasteiger charge is -2.36. The van der Waals surface area contributed by atoms with Crippen molar-refractivity contribution in [2.45, 2.75) is 24.9 Å². The van der Waals surface area contributed by atoms with E-state index >= 15 is 0 Å². The first kappa shape index (κ1) is 14.7. The van der Waals surface area contributed by atoms with E-state index in [-0.39, 0.29) is 12.1 Å². The zero-order chi connectivity index (χ0) is 15.8. The molecule has 0 amide bonds. The lowest BCUT2D eigenvalue weighted by Crippen LogP contribution is -2.48. The average molecular weight is 350 g/mol. The van der Waals surface area contributed by atoms with Crippen LogP contribution in [0.4, 0.5) is 5.69 Å². The largest absolute Gasteiger partial charge is 0.381 e. The molecule has 0 bridgehead atoms. The second-order valence-corrected chi connectivity index (χ2v) is 6.97. The van der Waals surface area contributed by atoms with E-state index in [1.807, 2.05) is 12.3 Å². The van der Waals surface area contributed by atoms with Gasteiger partial charge in [-0.05, 0) is 18.9 Å². The van der Waals surface area contributed by atoms with Crippen molar-refractivity contribution in [3.8, 4) is 10.6 Å². The Balaban J connectivity index is 1.62. The number of aromatic amines is 1. The summed E-state index contributed by atoms with van der Waals surface area (Å²) in [6, 6.07) is 2.28. The summed E-state index contributed by atoms with van der Waals surface area (Å²) in [5.74, 6) is 0. The standard InChI is InChI=1S/C13H14N6O2S2/c20-23(21)19-8-3-7(4-8)17-11-9-1-2-14-12(9)15-5-10(11)13-18-16-6-22-13/h1-2,5-8,19H,3-4H2,(H,20,21)(H2,14,15,17). The van der Waals surface area contributed by atoms with Crippen LogP contribution in [0.2, 0.25) is 0 Å². The number of nitrogens with zero attached hydrogens (tertiary/aromatic N) is 3. The van der Waals surface area contributed by atoms with Gasteiger partial charge in [0.1, 0.15) is 11.2 Å². The number of anilines is 1. The Hall–Kier alpha value is -1.88. The maximum atomic E-state index is 10.8. The van der Waals surface area contributed by atoms with Gasteiger partial charge in [0.25, 0.3) is 0 Å². The number of rotatable bonds is 5. The number of hydrogen-bond acceptors (Lipinski definition) is 6. The highest BCUT2D eigenvalue weighted by Gasteiger charge is 2.31. The van der Waals surface area contributed by atoms with Crippen molar-refractivity contribution in [2.75, 3.05) is 5.32 Å². The predicted molar refractivity (Wildman–Crippen MR) is 89.3 cm³/mol. The number of fused-ring (bicyclic) bond motifs is 1. The molecule has 1 aliphatic rings. The molecule has 0 aliphatic heterocycles. The molecule has 10 heteroatoms. The fourth-order valence-corrected chi connectivity index (χ4v) is 3.84. The third-order valence-corrected chi connectivity index (χ3v) is 5.19. The van der Waals surface area contributed by atoms with E-state index < -0.39 is 11.3 Å². The number of aromatic nitrogens is 4. The fraction of sp³-hybridized carbons (Fsp3) is 0.308. The highest BCUT2D eigenvalue weighted by Crippen LogP contribution is 2.36. The third-order valence-electron chi connectivity index (χ3n) is 3.93. The molecule has 3 heterocycles. The van der Waals surface area contributed by atoms with Crippen LogP contribution in [0.25, 0.3) is 21.6 Å². The molecule has 23 heavy (non-hydrogen) atoms. The monoisotopic (exact) mass is 350 g/mol. The highest BCUT2D eigenvalue weighted by molar-refractivity contribution is 7.77. The minimum Gasteiger partial charge on any atom is -0.381 e. The molecule has 1 atom stereocenters. The molecule has 120 valence electrons. The van der Waals surface area contributed by atoms with Gasteiger partial charge >= 0.3 is 0 Å². The van der Waals surface area contributed by atoms with Crippen molar-refractivity contribution >= 4 is 39.3 Å². The van der Waals surface area contributed by atoms with Crippen molar-refractivity contribution in [1.29, 1.82) is 0 Å². The number of pyridine rings is 1. The van der Waals surface area contributed by atoms with Gasteiger partial charge in [-0.1, -0.05) is 11.3 Å². The average Bonchev–Trinajstić information content (AvgIpc) is 3.15. The maximum Gasteiger partial charge on any atom is 0.231 e. The zero-order valence-electron chi connectivity index (χ0n) is 11.9. The van der Waals surface area contributed by atoms with Crippen LogP contribution in [0.3, 0.4) is 0 Å². The summed E-state index contributed by atoms with van der Waals surface area (Å²) in [5, 5.41) is 13.4. The van der Waals surface area contributed by atoms with Crippen molar-refractivity contribution in [2.24, 2.45) is 0 Å². The number of nitrogens with one attached hydrogen (secondary N) is 3. The van der Waals surface area contributed by atoms with Gasteiger partial charge in [0.15, 0.2) is 5.01 Å². The Morgan fingerprint density at radius 1 is 1.39 bits per heavy atom. The van der Waals surface area contributed by atoms with Crippen molar-refractivity contribution in [1.82, 2.24) is 24.9 Å². The van der Waals surface area contributed by atoms with Gasteiger partial charge in [0, 0.05) is 29.9 Å². The van der Waals surface area contributed by atoms with Crippen LogP contribution >= 0.6 is 11.3 Å². The summed E-state index contributed by atoms with van der Waals surface area (Å²) in [4.78, 5) is 7.53. The topological polar surface area (TPSA) is 116 Å². The predicted octanol–water partition coefficient (Wildman–Crippen LogP) is 1.75. The first-order valence-corrected chi connectivity index (χ1v) is 9.05. The molecule has 1 saturated carbocycles. The maximum absolute atomic E-state index is 10.8. The number of H-pyrrole nitrogens is 1. The molecule has 8 nitrogen and oxygen atoms in total. The lowest BCUT2D eigenvalue weighted by molar-refractivity contribution is 0.344. The molecule has 0 saturated heterocycles. The van der Waals surface area contributed by atoms with Crippen LogP contribution in [0, 0.1) is 0 Å². The van der Waals surface area contributed by atoms with Crippen LogP contribution in [-0.4, -0.2) is 41.0 Å². The smallest absolute Gasteiger partial charge is 0.231 e. The summed E-state index contributed by atoms with van der Waals surface area (Å²) >= 11 is -0.495. The first-order valence-electron chi connectivity index (χ1n) is 7.07. The summed E-state index contributed by atoms with van der Waals surface area (Å²) < 4.78 is 22.2. The quantitative estimate of drug-likeness (QED) is 0.521. The molecule has 1 aliphatic carbocycles. The molecule has 3 aromatic rings. The summed E-state index contributed by atoms with van der Waals surface area (Å²) in [7, 11) is 0. The zero-order valence-corrected chi connectivity index (χ0v) is 13.5. The van der Waals surface area contributed by atoms with Crippen molar-refractivity contribution in [3.63, 3.8) is 0 Å². The van der Waals surface area contributed by atoms with Crippen LogP contribution < -0.4 is 10.0 Å². The molecular formula is C13H14N6O2S2. The highest BCUT2D eigenvalue weighted by atomic mass is 32.2. The van der Waals surface area contributed by atoms with Gasteiger partial charge in [0.05, 0.1) is 11.3 Å². The Labute approximate surface area is 138 Å². The van der Waals surface area contributed by atoms with E-state index in [4.69, 9.17) is 4.55 Å². The van der Waals surface area contributed by atoms with E-state index in [1.165, 1.54) is 11.3 Å². The summed E-state index contributed by atoms with van der Waals surface area (Å²) in [6.07, 6.45) is 5.22. The molecule has 0 aromatic carbocycles. The van der Waals surface area contributed by atoms with Gasteiger partial charge in [-0.3, -0.25) is 4.55 Å². The van der Waals surface area contributed by atoms with Crippen LogP contribution in [0.15, 0.2) is 24.0 Å². The first-order chi connectivity index (χ1) is 11.2. The summed E-state index contributed by atoms with van der Waals surface area (Å²) in [6.45, 7) is 0. The molecule has 0 radical (unpaired) electrons. The van der Waals surface area contributed by atoms with Gasteiger partial charge in [0.2, 0.25) is 11.3 Å². The minimum atomic E-state index is -1.96. The molecule has 1 unspecified atom stereocenters. The van der Waals surface area contributed by atoms with Crippen molar-refractivity contribution in [3.05, 3.63) is 24.0 Å². The Kier molecular flexibility index (Phi) is 3.81. The molecule has 1 fully saturated rings. The van der Waals surface area contributed by atoms with E-state index in [0.717, 1.165) is 40.1 Å². The van der Waals surface area contributed by atoms with Gasteiger partial charge < -0.3 is 10.3 Å². The van der Waals surface area contributed by atoms with E-state index in [0.29, 0.717) is 0 Å². The second-order valence-electron chi connectivity index (χ2n) is 5.41. The summed E-state index contributed by atoms with van der Waals surface area (Å²) in [5.41, 5.74) is 4.40. The SMILES string of the molecule is O=S(O)NC1CC(Nc2c(-c3nncs3)cnc3[nH]ccc23)C1.